The minimum atomic E-state index is -0.596. The van der Waals surface area contributed by atoms with E-state index in [0.717, 1.165) is 0 Å². The average molecular weight is 386 g/mol. The number of furan rings is 1. The Kier molecular flexibility index (Phi) is 5.49. The van der Waals surface area contributed by atoms with Crippen molar-refractivity contribution in [2.24, 2.45) is 0 Å². The molecule has 3 rings (SSSR count). The van der Waals surface area contributed by atoms with E-state index in [1.165, 1.54) is 20.3 Å². The first-order chi connectivity index (χ1) is 13.4. The first kappa shape index (κ1) is 19.2. The van der Waals surface area contributed by atoms with E-state index in [0.29, 0.717) is 28.0 Å². The highest BCUT2D eigenvalue weighted by Crippen LogP contribution is 2.25. The van der Waals surface area contributed by atoms with Gasteiger partial charge in [-0.25, -0.2) is 9.59 Å². The third-order valence-electron chi connectivity index (χ3n) is 4.24. The first-order valence-corrected chi connectivity index (χ1v) is 8.36. The molecule has 2 heterocycles. The Balaban J connectivity index is 1.81. The highest BCUT2D eigenvalue weighted by molar-refractivity contribution is 5.86. The monoisotopic (exact) mass is 386 g/mol. The van der Waals surface area contributed by atoms with Crippen LogP contribution in [0.25, 0.3) is 11.0 Å². The molecule has 1 aromatic carbocycles. The minimum Gasteiger partial charge on any atom is -0.486 e. The maximum absolute atomic E-state index is 12.2. The van der Waals surface area contributed by atoms with E-state index in [1.54, 1.807) is 31.2 Å². The van der Waals surface area contributed by atoms with Crippen molar-refractivity contribution in [3.8, 4) is 5.75 Å². The van der Waals surface area contributed by atoms with Crippen LogP contribution in [0.2, 0.25) is 0 Å². The molecule has 8 nitrogen and oxygen atoms in total. The number of methoxy groups -OCH3 is 2. The van der Waals surface area contributed by atoms with Crippen molar-refractivity contribution in [1.29, 1.82) is 0 Å². The van der Waals surface area contributed by atoms with Crippen molar-refractivity contribution in [1.82, 2.24) is 0 Å². The highest BCUT2D eigenvalue weighted by Gasteiger charge is 2.16. The topological polar surface area (TPSA) is 105 Å². The van der Waals surface area contributed by atoms with Gasteiger partial charge in [0, 0.05) is 11.5 Å². The Morgan fingerprint density at radius 1 is 1.04 bits per heavy atom. The molecule has 3 aromatic rings. The molecule has 0 fully saturated rings. The molecule has 0 amide bonds. The summed E-state index contributed by atoms with van der Waals surface area (Å²) in [6.45, 7) is 1.82. The van der Waals surface area contributed by atoms with E-state index >= 15 is 0 Å². The largest absolute Gasteiger partial charge is 0.486 e. The second-order valence-electron chi connectivity index (χ2n) is 5.95. The molecule has 0 aliphatic rings. The molecule has 8 heteroatoms. The molecule has 0 bridgehead atoms. The van der Waals surface area contributed by atoms with E-state index in [9.17, 15) is 14.4 Å². The number of esters is 2. The Bertz CT molecular complexity index is 1090. The summed E-state index contributed by atoms with van der Waals surface area (Å²) in [5.74, 6) is -0.117. The maximum Gasteiger partial charge on any atom is 0.373 e. The van der Waals surface area contributed by atoms with Crippen LogP contribution in [0.1, 0.15) is 27.4 Å². The van der Waals surface area contributed by atoms with Gasteiger partial charge in [0.15, 0.2) is 0 Å². The zero-order valence-electron chi connectivity index (χ0n) is 15.6. The fourth-order valence-corrected chi connectivity index (χ4v) is 2.71. The molecular weight excluding hydrogens is 368 g/mol. The lowest BCUT2D eigenvalue weighted by Gasteiger charge is -2.09. The fourth-order valence-electron chi connectivity index (χ4n) is 2.71. The number of ether oxygens (including phenoxy) is 3. The van der Waals surface area contributed by atoms with Crippen LogP contribution < -0.4 is 10.4 Å². The number of carbonyl (C=O) groups is 2. The Hall–Kier alpha value is -3.55. The van der Waals surface area contributed by atoms with Crippen LogP contribution in [0.4, 0.5) is 0 Å². The van der Waals surface area contributed by atoms with Gasteiger partial charge in [-0.1, -0.05) is 0 Å². The summed E-state index contributed by atoms with van der Waals surface area (Å²) in [6, 6.07) is 8.13. The van der Waals surface area contributed by atoms with E-state index in [-0.39, 0.29) is 24.4 Å². The van der Waals surface area contributed by atoms with Gasteiger partial charge in [0.1, 0.15) is 23.7 Å². The van der Waals surface area contributed by atoms with Crippen molar-refractivity contribution >= 4 is 22.9 Å². The summed E-state index contributed by atoms with van der Waals surface area (Å²) in [6.07, 6.45) is -0.153. The zero-order valence-corrected chi connectivity index (χ0v) is 15.6. The molecule has 0 N–H and O–H groups in total. The number of hydrogen-bond donors (Lipinski definition) is 0. The lowest BCUT2D eigenvalue weighted by molar-refractivity contribution is -0.139. The highest BCUT2D eigenvalue weighted by atomic mass is 16.5. The van der Waals surface area contributed by atoms with Gasteiger partial charge in [0.2, 0.25) is 5.76 Å². The number of rotatable bonds is 6. The van der Waals surface area contributed by atoms with Gasteiger partial charge >= 0.3 is 17.6 Å². The predicted octanol–water partition coefficient (Wildman–Crippen LogP) is 2.78. The molecule has 0 saturated heterocycles. The second-order valence-corrected chi connectivity index (χ2v) is 5.95. The molecule has 0 atom stereocenters. The standard InChI is InChI=1S/C20H18O8/c1-11-14-6-4-12(26-10-13-5-7-16(27-13)20(23)25-3)8-17(14)28-19(22)15(11)9-18(21)24-2/h4-8H,9-10H2,1-3H3. The van der Waals surface area contributed by atoms with Crippen LogP contribution in [0.5, 0.6) is 5.75 Å². The van der Waals surface area contributed by atoms with E-state index in [1.807, 2.05) is 0 Å². The smallest absolute Gasteiger partial charge is 0.373 e. The van der Waals surface area contributed by atoms with Crippen molar-refractivity contribution in [3.63, 3.8) is 0 Å². The average Bonchev–Trinajstić information content (AvgIpc) is 3.17. The Labute approximate surface area is 159 Å². The maximum atomic E-state index is 12.2. The number of hydrogen-bond acceptors (Lipinski definition) is 8. The van der Waals surface area contributed by atoms with Gasteiger partial charge in [-0.3, -0.25) is 4.79 Å². The van der Waals surface area contributed by atoms with E-state index < -0.39 is 17.6 Å². The van der Waals surface area contributed by atoms with Crippen molar-refractivity contribution in [2.75, 3.05) is 14.2 Å². The summed E-state index contributed by atoms with van der Waals surface area (Å²) < 4.78 is 25.5. The first-order valence-electron chi connectivity index (χ1n) is 8.36. The second kappa shape index (κ2) is 7.99. The Morgan fingerprint density at radius 2 is 1.82 bits per heavy atom. The predicted molar refractivity (Wildman–Crippen MR) is 97.3 cm³/mol. The summed E-state index contributed by atoms with van der Waals surface area (Å²) in [4.78, 5) is 35.1. The number of fused-ring (bicyclic) bond motifs is 1. The molecule has 0 aliphatic carbocycles. The van der Waals surface area contributed by atoms with E-state index in [4.69, 9.17) is 13.6 Å². The molecule has 0 saturated carbocycles. The van der Waals surface area contributed by atoms with Crippen LogP contribution in [-0.4, -0.2) is 26.2 Å². The van der Waals surface area contributed by atoms with Crippen molar-refractivity contribution in [3.05, 3.63) is 63.4 Å². The molecule has 28 heavy (non-hydrogen) atoms. The van der Waals surface area contributed by atoms with Crippen LogP contribution in [0, 0.1) is 6.92 Å². The fraction of sp³-hybridized carbons (Fsp3) is 0.250. The van der Waals surface area contributed by atoms with Gasteiger partial charge < -0.3 is 23.0 Å². The van der Waals surface area contributed by atoms with Gasteiger partial charge in [-0.05, 0) is 36.8 Å². The van der Waals surface area contributed by atoms with Crippen LogP contribution >= 0.6 is 0 Å². The summed E-state index contributed by atoms with van der Waals surface area (Å²) in [5.41, 5.74) is 0.653. The molecule has 0 spiro atoms. The van der Waals surface area contributed by atoms with Crippen molar-refractivity contribution < 1.29 is 32.6 Å². The lowest BCUT2D eigenvalue weighted by atomic mass is 10.0. The summed E-state index contributed by atoms with van der Waals surface area (Å²) >= 11 is 0. The molecule has 146 valence electrons. The summed E-state index contributed by atoms with van der Waals surface area (Å²) in [7, 11) is 2.53. The number of benzene rings is 1. The summed E-state index contributed by atoms with van der Waals surface area (Å²) in [5, 5.41) is 0.692. The van der Waals surface area contributed by atoms with E-state index in [2.05, 4.69) is 9.47 Å². The zero-order chi connectivity index (χ0) is 20.3. The van der Waals surface area contributed by atoms with Gasteiger partial charge in [0.05, 0.1) is 26.2 Å². The normalized spacial score (nSPS) is 10.7. The minimum absolute atomic E-state index is 0.0755. The molecular formula is C20H18O8. The quantitative estimate of drug-likeness (QED) is 0.470. The third kappa shape index (κ3) is 3.90. The van der Waals surface area contributed by atoms with Gasteiger partial charge in [0.25, 0.3) is 0 Å². The third-order valence-corrected chi connectivity index (χ3v) is 4.24. The van der Waals surface area contributed by atoms with Gasteiger partial charge in [-0.15, -0.1) is 0 Å². The lowest BCUT2D eigenvalue weighted by Crippen LogP contribution is -2.16. The molecule has 0 aliphatic heterocycles. The Morgan fingerprint density at radius 3 is 2.54 bits per heavy atom. The number of carbonyl (C=O) groups excluding carboxylic acids is 2. The number of aryl methyl sites for hydroxylation is 1. The SMILES string of the molecule is COC(=O)Cc1c(C)c2ccc(OCc3ccc(C(=O)OC)o3)cc2oc1=O. The van der Waals surface area contributed by atoms with Crippen LogP contribution in [-0.2, 0) is 27.3 Å². The van der Waals surface area contributed by atoms with Crippen LogP contribution in [0.15, 0.2) is 44.0 Å². The van der Waals surface area contributed by atoms with Crippen LogP contribution in [0.3, 0.4) is 0 Å². The molecule has 0 unspecified atom stereocenters. The molecule has 2 aromatic heterocycles. The van der Waals surface area contributed by atoms with Crippen molar-refractivity contribution in [2.45, 2.75) is 20.0 Å². The molecule has 0 radical (unpaired) electrons. The van der Waals surface area contributed by atoms with Gasteiger partial charge in [-0.2, -0.15) is 0 Å².